The monoisotopic (exact) mass is 289 g/mol. The molecule has 1 aromatic rings. The van der Waals surface area contributed by atoms with Crippen LogP contribution in [-0.2, 0) is 0 Å². The minimum absolute atomic E-state index is 0.302. The molecule has 0 spiro atoms. The Bertz CT molecular complexity index is 355. The van der Waals surface area contributed by atoms with Crippen LogP contribution in [0.4, 0.5) is 5.82 Å². The Labute approximate surface area is 103 Å². The summed E-state index contributed by atoms with van der Waals surface area (Å²) in [6.45, 7) is 0.624. The fourth-order valence-corrected chi connectivity index (χ4v) is 2.25. The van der Waals surface area contributed by atoms with Crippen LogP contribution in [0.5, 0.6) is 0 Å². The molecule has 1 aliphatic rings. The molecule has 0 aromatic carbocycles. The van der Waals surface area contributed by atoms with Crippen LogP contribution in [0.3, 0.4) is 0 Å². The average Bonchev–Trinajstić information content (AvgIpc) is 3.00. The van der Waals surface area contributed by atoms with E-state index in [-0.39, 0.29) is 0 Å². The Hall–Kier alpha value is -0.320. The van der Waals surface area contributed by atoms with E-state index in [1.165, 1.54) is 12.8 Å². The summed E-state index contributed by atoms with van der Waals surface area (Å²) >= 11 is 9.38. The number of anilines is 1. The van der Waals surface area contributed by atoms with Gasteiger partial charge in [0.1, 0.15) is 5.82 Å². The maximum Gasteiger partial charge on any atom is 0.145 e. The maximum absolute atomic E-state index is 6.06. The quantitative estimate of drug-likeness (QED) is 0.896. The van der Waals surface area contributed by atoms with Gasteiger partial charge in [-0.1, -0.05) is 11.6 Å². The van der Waals surface area contributed by atoms with Crippen molar-refractivity contribution in [1.82, 2.24) is 4.98 Å². The van der Waals surface area contributed by atoms with Crippen molar-refractivity contribution in [2.75, 3.05) is 11.9 Å². The third kappa shape index (κ3) is 2.83. The largest absolute Gasteiger partial charge is 0.365 e. The fraction of sp³-hybridized carbons (Fsp3) is 0.500. The van der Waals surface area contributed by atoms with Gasteiger partial charge in [0.05, 0.1) is 5.02 Å². The van der Waals surface area contributed by atoms with Gasteiger partial charge in [0, 0.05) is 23.3 Å². The number of nitrogens with one attached hydrogen (secondary N) is 1. The zero-order chi connectivity index (χ0) is 10.8. The van der Waals surface area contributed by atoms with Gasteiger partial charge in [-0.3, -0.25) is 0 Å². The molecule has 15 heavy (non-hydrogen) atoms. The highest BCUT2D eigenvalue weighted by Crippen LogP contribution is 2.34. The van der Waals surface area contributed by atoms with Gasteiger partial charge in [0.15, 0.2) is 0 Å². The molecule has 82 valence electrons. The first-order chi connectivity index (χ1) is 7.20. The van der Waals surface area contributed by atoms with Gasteiger partial charge in [-0.2, -0.15) is 0 Å². The normalized spacial score (nSPS) is 17.5. The first-order valence-corrected chi connectivity index (χ1v) is 6.15. The zero-order valence-corrected chi connectivity index (χ0v) is 10.6. The molecule has 0 radical (unpaired) electrons. The van der Waals surface area contributed by atoms with E-state index in [0.717, 1.165) is 10.3 Å². The molecule has 1 atom stereocenters. The molecular weight excluding hydrogens is 277 g/mol. The van der Waals surface area contributed by atoms with Crippen molar-refractivity contribution in [3.8, 4) is 0 Å². The molecule has 1 unspecified atom stereocenters. The number of hydrogen-bond acceptors (Lipinski definition) is 3. The lowest BCUT2D eigenvalue weighted by Crippen LogP contribution is -2.31. The maximum atomic E-state index is 6.06. The van der Waals surface area contributed by atoms with Crippen molar-refractivity contribution in [2.45, 2.75) is 18.9 Å². The third-order valence-electron chi connectivity index (χ3n) is 2.57. The third-order valence-corrected chi connectivity index (χ3v) is 3.30. The number of aromatic nitrogens is 1. The molecule has 3 N–H and O–H groups in total. The first kappa shape index (κ1) is 11.2. The molecule has 0 amide bonds. The lowest BCUT2D eigenvalue weighted by molar-refractivity contribution is 0.642. The van der Waals surface area contributed by atoms with Crippen molar-refractivity contribution < 1.29 is 0 Å². The van der Waals surface area contributed by atoms with Gasteiger partial charge in [0.25, 0.3) is 0 Å². The number of nitrogens with zero attached hydrogens (tertiary/aromatic N) is 1. The van der Waals surface area contributed by atoms with Crippen LogP contribution in [0.2, 0.25) is 5.02 Å². The summed E-state index contributed by atoms with van der Waals surface area (Å²) < 4.78 is 0.883. The molecule has 1 fully saturated rings. The van der Waals surface area contributed by atoms with Crippen LogP contribution in [0.25, 0.3) is 0 Å². The molecule has 0 bridgehead atoms. The predicted molar refractivity (Wildman–Crippen MR) is 66.1 cm³/mol. The SMILES string of the molecule is NCC(Nc1ncc(Br)cc1Cl)C1CC1. The number of pyridine rings is 1. The fourth-order valence-electron chi connectivity index (χ4n) is 1.56. The Kier molecular flexibility index (Phi) is 3.49. The Morgan fingerprint density at radius 2 is 2.40 bits per heavy atom. The van der Waals surface area contributed by atoms with E-state index in [9.17, 15) is 0 Å². The molecule has 2 rings (SSSR count). The second-order valence-corrected chi connectivity index (χ2v) is 5.13. The van der Waals surface area contributed by atoms with E-state index in [2.05, 4.69) is 26.2 Å². The van der Waals surface area contributed by atoms with Crippen LogP contribution < -0.4 is 11.1 Å². The van der Waals surface area contributed by atoms with Crippen LogP contribution in [0.1, 0.15) is 12.8 Å². The van der Waals surface area contributed by atoms with Crippen LogP contribution in [0, 0.1) is 5.92 Å². The van der Waals surface area contributed by atoms with Gasteiger partial charge in [-0.15, -0.1) is 0 Å². The zero-order valence-electron chi connectivity index (χ0n) is 8.21. The smallest absolute Gasteiger partial charge is 0.145 e. The van der Waals surface area contributed by atoms with Crippen molar-refractivity contribution in [3.05, 3.63) is 21.8 Å². The Morgan fingerprint density at radius 1 is 1.67 bits per heavy atom. The number of halogens is 2. The summed E-state index contributed by atoms with van der Waals surface area (Å²) in [5.74, 6) is 1.42. The number of nitrogens with two attached hydrogens (primary N) is 1. The highest BCUT2D eigenvalue weighted by Gasteiger charge is 2.30. The summed E-state index contributed by atoms with van der Waals surface area (Å²) in [5.41, 5.74) is 5.70. The molecule has 1 aliphatic carbocycles. The van der Waals surface area contributed by atoms with Crippen LogP contribution in [0.15, 0.2) is 16.7 Å². The predicted octanol–water partition coefficient (Wildman–Crippen LogP) is 2.65. The standard InChI is InChI=1S/C10H13BrClN3/c11-7-3-8(12)10(14-5-7)15-9(4-13)6-1-2-6/h3,5-6,9H,1-2,4,13H2,(H,14,15). The lowest BCUT2D eigenvalue weighted by Gasteiger charge is -2.17. The molecule has 3 nitrogen and oxygen atoms in total. The molecule has 1 aromatic heterocycles. The number of rotatable bonds is 4. The van der Waals surface area contributed by atoms with Crippen molar-refractivity contribution in [2.24, 2.45) is 11.7 Å². The highest BCUT2D eigenvalue weighted by atomic mass is 79.9. The lowest BCUT2D eigenvalue weighted by atomic mass is 10.2. The minimum atomic E-state index is 0.302. The van der Waals surface area contributed by atoms with Crippen LogP contribution >= 0.6 is 27.5 Å². The van der Waals surface area contributed by atoms with E-state index in [0.29, 0.717) is 23.5 Å². The second kappa shape index (κ2) is 4.68. The van der Waals surface area contributed by atoms with E-state index < -0.39 is 0 Å². The Balaban J connectivity index is 2.08. The van der Waals surface area contributed by atoms with E-state index in [4.69, 9.17) is 17.3 Å². The van der Waals surface area contributed by atoms with Gasteiger partial charge >= 0.3 is 0 Å². The summed E-state index contributed by atoms with van der Waals surface area (Å²) in [4.78, 5) is 4.23. The Morgan fingerprint density at radius 3 is 2.93 bits per heavy atom. The summed E-state index contributed by atoms with van der Waals surface area (Å²) in [6.07, 6.45) is 4.24. The highest BCUT2D eigenvalue weighted by molar-refractivity contribution is 9.10. The topological polar surface area (TPSA) is 50.9 Å². The number of hydrogen-bond donors (Lipinski definition) is 2. The average molecular weight is 291 g/mol. The van der Waals surface area contributed by atoms with Gasteiger partial charge in [-0.25, -0.2) is 4.98 Å². The van der Waals surface area contributed by atoms with E-state index in [1.54, 1.807) is 6.20 Å². The van der Waals surface area contributed by atoms with E-state index >= 15 is 0 Å². The van der Waals surface area contributed by atoms with Gasteiger partial charge in [-0.05, 0) is 40.8 Å². The molecule has 0 aliphatic heterocycles. The molecule has 1 heterocycles. The summed E-state index contributed by atoms with van der Waals surface area (Å²) in [7, 11) is 0. The minimum Gasteiger partial charge on any atom is -0.365 e. The molecule has 0 saturated heterocycles. The van der Waals surface area contributed by atoms with E-state index in [1.807, 2.05) is 6.07 Å². The van der Waals surface area contributed by atoms with Gasteiger partial charge < -0.3 is 11.1 Å². The summed E-state index contributed by atoms with van der Waals surface area (Å²) in [6, 6.07) is 2.13. The van der Waals surface area contributed by atoms with Crippen molar-refractivity contribution in [3.63, 3.8) is 0 Å². The molecule has 1 saturated carbocycles. The van der Waals surface area contributed by atoms with Crippen molar-refractivity contribution >= 4 is 33.3 Å². The van der Waals surface area contributed by atoms with Crippen LogP contribution in [-0.4, -0.2) is 17.6 Å². The summed E-state index contributed by atoms with van der Waals surface area (Å²) in [5, 5.41) is 3.93. The first-order valence-electron chi connectivity index (χ1n) is 4.98. The molecular formula is C10H13BrClN3. The van der Waals surface area contributed by atoms with Gasteiger partial charge in [0.2, 0.25) is 0 Å². The molecule has 5 heteroatoms. The van der Waals surface area contributed by atoms with Crippen molar-refractivity contribution in [1.29, 1.82) is 0 Å². The second-order valence-electron chi connectivity index (χ2n) is 3.81.